The maximum Gasteiger partial charge on any atom is 0.274 e. The van der Waals surface area contributed by atoms with Gasteiger partial charge in [-0.15, -0.1) is 0 Å². The number of rotatable bonds is 3. The highest BCUT2D eigenvalue weighted by Crippen LogP contribution is 2.33. The Kier molecular flexibility index (Phi) is 4.28. The van der Waals surface area contributed by atoms with E-state index in [0.29, 0.717) is 24.4 Å². The van der Waals surface area contributed by atoms with Gasteiger partial charge in [0.1, 0.15) is 17.6 Å². The number of halogens is 1. The zero-order valence-electron chi connectivity index (χ0n) is 12.4. The molecular formula is C15H14ClN5O2. The lowest BCUT2D eigenvalue weighted by atomic mass is 10.2. The summed E-state index contributed by atoms with van der Waals surface area (Å²) in [4.78, 5) is 25.8. The summed E-state index contributed by atoms with van der Waals surface area (Å²) in [6, 6.07) is 3.16. The molecule has 1 unspecified atom stereocenters. The summed E-state index contributed by atoms with van der Waals surface area (Å²) in [6.45, 7) is 0.429. The van der Waals surface area contributed by atoms with Crippen LogP contribution >= 0.6 is 11.6 Å². The second-order valence-corrected chi connectivity index (χ2v) is 5.61. The third-order valence-corrected chi connectivity index (χ3v) is 4.15. The van der Waals surface area contributed by atoms with Gasteiger partial charge < -0.3 is 14.6 Å². The molecule has 3 heterocycles. The van der Waals surface area contributed by atoms with E-state index in [1.165, 1.54) is 12.3 Å². The van der Waals surface area contributed by atoms with Crippen molar-refractivity contribution in [2.24, 2.45) is 0 Å². The third kappa shape index (κ3) is 2.91. The number of hydrogen-bond acceptors (Lipinski definition) is 5. The number of aromatic amines is 1. The summed E-state index contributed by atoms with van der Waals surface area (Å²) in [5.74, 6) is 0.392. The van der Waals surface area contributed by atoms with Gasteiger partial charge in [0.25, 0.3) is 5.91 Å². The molecule has 1 N–H and O–H groups in total. The molecule has 0 bridgehead atoms. The topological polar surface area (TPSA) is 94.9 Å². The number of carbonyl (C=O) groups excluding carboxylic acids is 1. The lowest BCUT2D eigenvalue weighted by molar-refractivity contribution is 0.0679. The van der Waals surface area contributed by atoms with Crippen molar-refractivity contribution in [3.05, 3.63) is 46.8 Å². The Hall–Kier alpha value is -2.43. The molecule has 1 aliphatic rings. The summed E-state index contributed by atoms with van der Waals surface area (Å²) in [5.41, 5.74) is 0.435. The Morgan fingerprint density at radius 1 is 1.57 bits per heavy atom. The first-order valence-electron chi connectivity index (χ1n) is 7.02. The van der Waals surface area contributed by atoms with E-state index < -0.39 is 0 Å². The van der Waals surface area contributed by atoms with Crippen LogP contribution in [0.1, 0.15) is 34.3 Å². The molecule has 1 aliphatic heterocycles. The lowest BCUT2D eigenvalue weighted by Gasteiger charge is -2.22. The molecule has 8 heteroatoms. The van der Waals surface area contributed by atoms with Crippen LogP contribution in [0.4, 0.5) is 0 Å². The number of hydrogen-bond donors (Lipinski definition) is 1. The molecule has 1 fully saturated rings. The normalized spacial score (nSPS) is 20.5. The standard InChI is InChI=1S/C15H14ClN5O2/c1-23-10-5-12(14-18-2-3-19-14)21(8-10)15(22)13-11(16)4-9(6-17)7-20-13/h2-4,7,10,12H,5,8H2,1H3,(H,18,19)/t10-,12?/m1/s1. The number of nitrogens with one attached hydrogen (secondary N) is 1. The van der Waals surface area contributed by atoms with Gasteiger partial charge in [0.15, 0.2) is 0 Å². The van der Waals surface area contributed by atoms with Crippen molar-refractivity contribution in [1.29, 1.82) is 5.26 Å². The molecule has 0 aromatic carbocycles. The monoisotopic (exact) mass is 331 g/mol. The number of pyridine rings is 1. The van der Waals surface area contributed by atoms with Gasteiger partial charge in [0, 0.05) is 38.7 Å². The smallest absolute Gasteiger partial charge is 0.274 e. The number of carbonyl (C=O) groups is 1. The van der Waals surface area contributed by atoms with E-state index in [0.717, 1.165) is 0 Å². The van der Waals surface area contributed by atoms with Crippen molar-refractivity contribution in [2.75, 3.05) is 13.7 Å². The van der Waals surface area contributed by atoms with Crippen LogP contribution in [0, 0.1) is 11.3 Å². The van der Waals surface area contributed by atoms with Crippen LogP contribution in [0.5, 0.6) is 0 Å². The van der Waals surface area contributed by atoms with E-state index in [4.69, 9.17) is 21.6 Å². The van der Waals surface area contributed by atoms with E-state index >= 15 is 0 Å². The van der Waals surface area contributed by atoms with Gasteiger partial charge in [-0.1, -0.05) is 11.6 Å². The van der Waals surface area contributed by atoms with E-state index in [9.17, 15) is 4.79 Å². The highest BCUT2D eigenvalue weighted by atomic mass is 35.5. The van der Waals surface area contributed by atoms with E-state index in [-0.39, 0.29) is 28.8 Å². The van der Waals surface area contributed by atoms with Gasteiger partial charge >= 0.3 is 0 Å². The summed E-state index contributed by atoms with van der Waals surface area (Å²) < 4.78 is 5.39. The maximum atomic E-state index is 12.8. The Bertz CT molecular complexity index is 756. The van der Waals surface area contributed by atoms with Crippen LogP contribution in [-0.2, 0) is 4.74 Å². The van der Waals surface area contributed by atoms with Gasteiger partial charge in [0.05, 0.1) is 22.7 Å². The van der Waals surface area contributed by atoms with Crippen molar-refractivity contribution in [1.82, 2.24) is 19.9 Å². The zero-order valence-corrected chi connectivity index (χ0v) is 13.1. The molecule has 1 amide bonds. The molecule has 2 aromatic heterocycles. The molecule has 7 nitrogen and oxygen atoms in total. The molecule has 23 heavy (non-hydrogen) atoms. The van der Waals surface area contributed by atoms with Crippen molar-refractivity contribution >= 4 is 17.5 Å². The highest BCUT2D eigenvalue weighted by molar-refractivity contribution is 6.33. The Balaban J connectivity index is 1.92. The number of ether oxygens (including phenoxy) is 1. The zero-order chi connectivity index (χ0) is 16.4. The van der Waals surface area contributed by atoms with Crippen LogP contribution in [0.2, 0.25) is 5.02 Å². The number of H-pyrrole nitrogens is 1. The number of likely N-dealkylation sites (tertiary alicyclic amines) is 1. The first-order valence-corrected chi connectivity index (χ1v) is 7.40. The second kappa shape index (κ2) is 6.36. The highest BCUT2D eigenvalue weighted by Gasteiger charge is 2.39. The SMILES string of the molecule is CO[C@@H]1CC(c2ncc[nH]2)N(C(=O)c2ncc(C#N)cc2Cl)C1. The lowest BCUT2D eigenvalue weighted by Crippen LogP contribution is -2.33. The van der Waals surface area contributed by atoms with Crippen molar-refractivity contribution in [3.8, 4) is 6.07 Å². The largest absolute Gasteiger partial charge is 0.380 e. The molecule has 2 atom stereocenters. The van der Waals surface area contributed by atoms with E-state index in [2.05, 4.69) is 15.0 Å². The Labute approximate surface area is 137 Å². The number of amides is 1. The van der Waals surface area contributed by atoms with E-state index in [1.54, 1.807) is 24.4 Å². The average Bonchev–Trinajstić information content (AvgIpc) is 3.22. The number of nitrogens with zero attached hydrogens (tertiary/aromatic N) is 4. The molecular weight excluding hydrogens is 318 g/mol. The van der Waals surface area contributed by atoms with E-state index in [1.807, 2.05) is 6.07 Å². The molecule has 118 valence electrons. The first kappa shape index (κ1) is 15.5. The third-order valence-electron chi connectivity index (χ3n) is 3.86. The maximum absolute atomic E-state index is 12.8. The van der Waals surface area contributed by atoms with Crippen LogP contribution in [0.15, 0.2) is 24.7 Å². The molecule has 0 spiro atoms. The van der Waals surface area contributed by atoms with Crippen molar-refractivity contribution < 1.29 is 9.53 Å². The first-order chi connectivity index (χ1) is 11.1. The average molecular weight is 332 g/mol. The summed E-state index contributed by atoms with van der Waals surface area (Å²) >= 11 is 6.11. The summed E-state index contributed by atoms with van der Waals surface area (Å²) in [6.07, 6.45) is 5.26. The minimum absolute atomic E-state index is 0.0776. The minimum Gasteiger partial charge on any atom is -0.380 e. The molecule has 0 saturated carbocycles. The van der Waals surface area contributed by atoms with Crippen LogP contribution in [0.3, 0.4) is 0 Å². The number of aromatic nitrogens is 3. The number of methoxy groups -OCH3 is 1. The summed E-state index contributed by atoms with van der Waals surface area (Å²) in [5, 5.41) is 9.02. The minimum atomic E-state index is -0.305. The van der Waals surface area contributed by atoms with Crippen molar-refractivity contribution in [2.45, 2.75) is 18.6 Å². The molecule has 0 radical (unpaired) electrons. The van der Waals surface area contributed by atoms with Crippen LogP contribution in [-0.4, -0.2) is 45.5 Å². The number of imidazole rings is 1. The Morgan fingerprint density at radius 3 is 3.00 bits per heavy atom. The summed E-state index contributed by atoms with van der Waals surface area (Å²) in [7, 11) is 1.62. The Morgan fingerprint density at radius 2 is 2.39 bits per heavy atom. The van der Waals surface area contributed by atoms with Gasteiger partial charge in [0.2, 0.25) is 0 Å². The van der Waals surface area contributed by atoms with Crippen LogP contribution in [0.25, 0.3) is 0 Å². The molecule has 1 saturated heterocycles. The van der Waals surface area contributed by atoms with Crippen molar-refractivity contribution in [3.63, 3.8) is 0 Å². The molecule has 0 aliphatic carbocycles. The fourth-order valence-corrected chi connectivity index (χ4v) is 2.95. The van der Waals surface area contributed by atoms with Gasteiger partial charge in [-0.2, -0.15) is 5.26 Å². The van der Waals surface area contributed by atoms with Gasteiger partial charge in [-0.05, 0) is 6.07 Å². The molecule has 2 aromatic rings. The van der Waals surface area contributed by atoms with Gasteiger partial charge in [-0.25, -0.2) is 9.97 Å². The quantitative estimate of drug-likeness (QED) is 0.927. The van der Waals surface area contributed by atoms with Gasteiger partial charge in [-0.3, -0.25) is 4.79 Å². The predicted octanol–water partition coefficient (Wildman–Crippen LogP) is 1.93. The fraction of sp³-hybridized carbons (Fsp3) is 0.333. The molecule has 3 rings (SSSR count). The van der Waals surface area contributed by atoms with Crippen LogP contribution < -0.4 is 0 Å². The fourth-order valence-electron chi connectivity index (χ4n) is 2.70. The second-order valence-electron chi connectivity index (χ2n) is 5.21. The number of nitriles is 1. The predicted molar refractivity (Wildman–Crippen MR) is 81.7 cm³/mol.